The van der Waals surface area contributed by atoms with Gasteiger partial charge in [0.15, 0.2) is 0 Å². The lowest BCUT2D eigenvalue weighted by Gasteiger charge is -2.33. The van der Waals surface area contributed by atoms with Gasteiger partial charge in [0.1, 0.15) is 11.6 Å². The lowest BCUT2D eigenvalue weighted by molar-refractivity contribution is -0.131. The van der Waals surface area contributed by atoms with Gasteiger partial charge in [-0.25, -0.2) is 9.97 Å². The standard InChI is InChI=1S/C22H28N4O2/c1-25-10-4-3-8-20(25)22-23-14-17-15-26(11-9-19(17)24-22)21(27)13-16-6-5-7-18(12-16)28-2/h5-7,12,14,20H,3-4,8-11,13,15H2,1-2H3/t20-/m1/s1. The van der Waals surface area contributed by atoms with Gasteiger partial charge in [0.05, 0.1) is 25.3 Å². The summed E-state index contributed by atoms with van der Waals surface area (Å²) >= 11 is 0. The summed E-state index contributed by atoms with van der Waals surface area (Å²) in [6.07, 6.45) is 6.74. The number of carbonyl (C=O) groups is 1. The average molecular weight is 380 g/mol. The summed E-state index contributed by atoms with van der Waals surface area (Å²) in [6.45, 7) is 2.42. The smallest absolute Gasteiger partial charge is 0.227 e. The van der Waals surface area contributed by atoms with Gasteiger partial charge in [-0.2, -0.15) is 0 Å². The topological polar surface area (TPSA) is 58.6 Å². The number of ether oxygens (including phenoxy) is 1. The van der Waals surface area contributed by atoms with Crippen molar-refractivity contribution in [2.75, 3.05) is 27.2 Å². The molecule has 0 saturated carbocycles. The Bertz CT molecular complexity index is 854. The molecule has 28 heavy (non-hydrogen) atoms. The molecule has 2 aliphatic heterocycles. The zero-order chi connectivity index (χ0) is 19.5. The molecule has 0 bridgehead atoms. The van der Waals surface area contributed by atoms with Gasteiger partial charge in [0, 0.05) is 31.3 Å². The Labute approximate surface area is 166 Å². The minimum absolute atomic E-state index is 0.134. The predicted molar refractivity (Wildman–Crippen MR) is 107 cm³/mol. The average Bonchev–Trinajstić information content (AvgIpc) is 2.73. The quantitative estimate of drug-likeness (QED) is 0.816. The first-order valence-corrected chi connectivity index (χ1v) is 10.1. The van der Waals surface area contributed by atoms with Gasteiger partial charge in [-0.15, -0.1) is 0 Å². The Morgan fingerprint density at radius 3 is 3.00 bits per heavy atom. The molecule has 148 valence electrons. The minimum atomic E-state index is 0.134. The largest absolute Gasteiger partial charge is 0.497 e. The van der Waals surface area contributed by atoms with Crippen molar-refractivity contribution in [3.05, 3.63) is 53.1 Å². The molecule has 6 nitrogen and oxygen atoms in total. The zero-order valence-corrected chi connectivity index (χ0v) is 16.7. The van der Waals surface area contributed by atoms with Crippen molar-refractivity contribution in [2.24, 2.45) is 0 Å². The van der Waals surface area contributed by atoms with Crippen molar-refractivity contribution in [3.63, 3.8) is 0 Å². The maximum atomic E-state index is 12.8. The van der Waals surface area contributed by atoms with E-state index in [4.69, 9.17) is 9.72 Å². The summed E-state index contributed by atoms with van der Waals surface area (Å²) in [4.78, 5) is 26.6. The molecule has 1 saturated heterocycles. The molecule has 1 fully saturated rings. The van der Waals surface area contributed by atoms with E-state index in [1.807, 2.05) is 35.4 Å². The van der Waals surface area contributed by atoms with E-state index in [9.17, 15) is 4.79 Å². The molecule has 6 heteroatoms. The molecular weight excluding hydrogens is 352 g/mol. The molecule has 0 N–H and O–H groups in total. The van der Waals surface area contributed by atoms with Gasteiger partial charge in [0.25, 0.3) is 0 Å². The van der Waals surface area contributed by atoms with Crippen molar-refractivity contribution >= 4 is 5.91 Å². The monoisotopic (exact) mass is 380 g/mol. The van der Waals surface area contributed by atoms with Crippen LogP contribution in [-0.2, 0) is 24.2 Å². The fraction of sp³-hybridized carbons (Fsp3) is 0.500. The van der Waals surface area contributed by atoms with Crippen LogP contribution in [0.5, 0.6) is 5.75 Å². The van der Waals surface area contributed by atoms with Gasteiger partial charge in [-0.05, 0) is 44.1 Å². The molecule has 1 atom stereocenters. The van der Waals surface area contributed by atoms with Crippen molar-refractivity contribution in [2.45, 2.75) is 44.7 Å². The number of likely N-dealkylation sites (tertiary alicyclic amines) is 1. The van der Waals surface area contributed by atoms with Crippen LogP contribution >= 0.6 is 0 Å². The molecular formula is C22H28N4O2. The van der Waals surface area contributed by atoms with E-state index in [1.54, 1.807) is 7.11 Å². The lowest BCUT2D eigenvalue weighted by atomic mass is 10.0. The van der Waals surface area contributed by atoms with Crippen LogP contribution in [0.4, 0.5) is 0 Å². The molecule has 0 aliphatic carbocycles. The molecule has 0 radical (unpaired) electrons. The van der Waals surface area contributed by atoms with E-state index < -0.39 is 0 Å². The highest BCUT2D eigenvalue weighted by Crippen LogP contribution is 2.28. The molecule has 2 aliphatic rings. The van der Waals surface area contributed by atoms with Gasteiger partial charge < -0.3 is 9.64 Å². The third-order valence-electron chi connectivity index (χ3n) is 5.86. The normalized spacial score (nSPS) is 19.9. The number of benzene rings is 1. The fourth-order valence-corrected chi connectivity index (χ4v) is 4.18. The van der Waals surface area contributed by atoms with Crippen LogP contribution < -0.4 is 4.74 Å². The van der Waals surface area contributed by atoms with Crippen molar-refractivity contribution in [1.29, 1.82) is 0 Å². The molecule has 1 amide bonds. The Morgan fingerprint density at radius 2 is 2.18 bits per heavy atom. The van der Waals surface area contributed by atoms with Crippen molar-refractivity contribution < 1.29 is 9.53 Å². The third-order valence-corrected chi connectivity index (χ3v) is 5.86. The number of hydrogen-bond donors (Lipinski definition) is 0. The highest BCUT2D eigenvalue weighted by atomic mass is 16.5. The number of aromatic nitrogens is 2. The predicted octanol–water partition coefficient (Wildman–Crippen LogP) is 2.77. The maximum absolute atomic E-state index is 12.8. The first-order chi connectivity index (χ1) is 13.6. The SMILES string of the molecule is COc1cccc(CC(=O)N2CCc3nc([C@H]4CCCCN4C)ncc3C2)c1. The summed E-state index contributed by atoms with van der Waals surface area (Å²) in [5.41, 5.74) is 3.16. The van der Waals surface area contributed by atoms with E-state index in [0.717, 1.165) is 47.8 Å². The van der Waals surface area contributed by atoms with Gasteiger partial charge in [-0.3, -0.25) is 9.69 Å². The summed E-state index contributed by atoms with van der Waals surface area (Å²) < 4.78 is 5.25. The molecule has 2 aromatic rings. The molecule has 4 rings (SSSR count). The Morgan fingerprint density at radius 1 is 1.29 bits per heavy atom. The van der Waals surface area contributed by atoms with Crippen LogP contribution in [0.2, 0.25) is 0 Å². The minimum Gasteiger partial charge on any atom is -0.497 e. The number of hydrogen-bond acceptors (Lipinski definition) is 5. The van der Waals surface area contributed by atoms with E-state index >= 15 is 0 Å². The van der Waals surface area contributed by atoms with Crippen LogP contribution in [0, 0.1) is 0 Å². The van der Waals surface area contributed by atoms with Crippen LogP contribution in [-0.4, -0.2) is 52.9 Å². The van der Waals surface area contributed by atoms with Crippen molar-refractivity contribution in [1.82, 2.24) is 19.8 Å². The molecule has 0 unspecified atom stereocenters. The number of amides is 1. The highest BCUT2D eigenvalue weighted by molar-refractivity contribution is 5.79. The fourth-order valence-electron chi connectivity index (χ4n) is 4.18. The number of nitrogens with zero attached hydrogens (tertiary/aromatic N) is 4. The Hall–Kier alpha value is -2.47. The summed E-state index contributed by atoms with van der Waals surface area (Å²) in [6, 6.07) is 8.03. The summed E-state index contributed by atoms with van der Waals surface area (Å²) in [5, 5.41) is 0. The first-order valence-electron chi connectivity index (χ1n) is 10.1. The van der Waals surface area contributed by atoms with Crippen molar-refractivity contribution in [3.8, 4) is 5.75 Å². The van der Waals surface area contributed by atoms with E-state index in [2.05, 4.69) is 16.9 Å². The lowest BCUT2D eigenvalue weighted by Crippen LogP contribution is -2.38. The highest BCUT2D eigenvalue weighted by Gasteiger charge is 2.26. The van der Waals surface area contributed by atoms with Crippen LogP contribution in [0.15, 0.2) is 30.5 Å². The molecule has 0 spiro atoms. The number of carbonyl (C=O) groups excluding carboxylic acids is 1. The second kappa shape index (κ2) is 8.27. The second-order valence-corrected chi connectivity index (χ2v) is 7.79. The van der Waals surface area contributed by atoms with Crippen LogP contribution in [0.25, 0.3) is 0 Å². The van der Waals surface area contributed by atoms with E-state index in [0.29, 0.717) is 25.6 Å². The van der Waals surface area contributed by atoms with E-state index in [-0.39, 0.29) is 5.91 Å². The summed E-state index contributed by atoms with van der Waals surface area (Å²) in [5.74, 6) is 1.86. The van der Waals surface area contributed by atoms with Gasteiger partial charge in [0.2, 0.25) is 5.91 Å². The molecule has 3 heterocycles. The van der Waals surface area contributed by atoms with Gasteiger partial charge >= 0.3 is 0 Å². The van der Waals surface area contributed by atoms with Crippen LogP contribution in [0.1, 0.15) is 47.9 Å². The number of fused-ring (bicyclic) bond motifs is 1. The summed E-state index contributed by atoms with van der Waals surface area (Å²) in [7, 11) is 3.80. The number of methoxy groups -OCH3 is 1. The van der Waals surface area contributed by atoms with E-state index in [1.165, 1.54) is 12.8 Å². The number of piperidine rings is 1. The molecule has 1 aromatic carbocycles. The van der Waals surface area contributed by atoms with Crippen LogP contribution in [0.3, 0.4) is 0 Å². The van der Waals surface area contributed by atoms with Gasteiger partial charge in [-0.1, -0.05) is 18.6 Å². The Kier molecular flexibility index (Phi) is 5.57. The second-order valence-electron chi connectivity index (χ2n) is 7.79. The third kappa shape index (κ3) is 4.02. The maximum Gasteiger partial charge on any atom is 0.227 e. The number of rotatable bonds is 4. The first kappa shape index (κ1) is 18.9. The Balaban J connectivity index is 1.43. The molecule has 1 aromatic heterocycles. The zero-order valence-electron chi connectivity index (χ0n) is 16.7.